The van der Waals surface area contributed by atoms with E-state index < -0.39 is 0 Å². The fourth-order valence-corrected chi connectivity index (χ4v) is 2.37. The Morgan fingerprint density at radius 2 is 2.11 bits per heavy atom. The van der Waals surface area contributed by atoms with Crippen LogP contribution in [0.2, 0.25) is 0 Å². The number of hydrogen-bond acceptors (Lipinski definition) is 3. The van der Waals surface area contributed by atoms with E-state index in [4.69, 9.17) is 5.73 Å². The lowest BCUT2D eigenvalue weighted by molar-refractivity contribution is 0.203. The van der Waals surface area contributed by atoms with Crippen molar-refractivity contribution in [2.45, 2.75) is 26.3 Å². The van der Waals surface area contributed by atoms with Crippen molar-refractivity contribution in [1.82, 2.24) is 14.9 Å². The average molecular weight is 260 g/mol. The molecule has 0 amide bonds. The Labute approximate surface area is 115 Å². The van der Waals surface area contributed by atoms with E-state index >= 15 is 0 Å². The predicted octanol–water partition coefficient (Wildman–Crippen LogP) is 2.54. The van der Waals surface area contributed by atoms with Gasteiger partial charge in [0, 0.05) is 6.04 Å². The number of benzene rings is 1. The highest BCUT2D eigenvalue weighted by Crippen LogP contribution is 2.33. The molecule has 1 heterocycles. The zero-order chi connectivity index (χ0) is 14.0. The van der Waals surface area contributed by atoms with Crippen LogP contribution in [-0.2, 0) is 0 Å². The second-order valence-electron chi connectivity index (χ2n) is 6.23. The molecule has 4 nitrogen and oxygen atoms in total. The van der Waals surface area contributed by atoms with Crippen LogP contribution >= 0.6 is 0 Å². The minimum atomic E-state index is 0.137. The molecule has 0 radical (unpaired) electrons. The Hall–Kier alpha value is -1.39. The number of hydrogen-bond donors (Lipinski definition) is 2. The maximum absolute atomic E-state index is 5.87. The SMILES string of the molecule is CN(C)C(CC(C)(C)CN)c1ccc2nc[nH]c2c1. The van der Waals surface area contributed by atoms with E-state index in [0.717, 1.165) is 17.5 Å². The predicted molar refractivity (Wildman–Crippen MR) is 80.0 cm³/mol. The molecule has 0 saturated heterocycles. The molecule has 1 unspecified atom stereocenters. The van der Waals surface area contributed by atoms with Crippen molar-refractivity contribution in [2.75, 3.05) is 20.6 Å². The topological polar surface area (TPSA) is 57.9 Å². The second-order valence-corrected chi connectivity index (χ2v) is 6.23. The minimum absolute atomic E-state index is 0.137. The largest absolute Gasteiger partial charge is 0.345 e. The summed E-state index contributed by atoms with van der Waals surface area (Å²) in [5.41, 5.74) is 9.42. The third-order valence-corrected chi connectivity index (χ3v) is 3.75. The summed E-state index contributed by atoms with van der Waals surface area (Å²) in [5.74, 6) is 0. The van der Waals surface area contributed by atoms with Crippen LogP contribution < -0.4 is 5.73 Å². The highest BCUT2D eigenvalue weighted by Gasteiger charge is 2.24. The van der Waals surface area contributed by atoms with Crippen LogP contribution in [-0.4, -0.2) is 35.5 Å². The van der Waals surface area contributed by atoms with Gasteiger partial charge in [-0.25, -0.2) is 4.98 Å². The van der Waals surface area contributed by atoms with Gasteiger partial charge in [-0.2, -0.15) is 0 Å². The van der Waals surface area contributed by atoms with Gasteiger partial charge < -0.3 is 15.6 Å². The minimum Gasteiger partial charge on any atom is -0.345 e. The molecule has 2 rings (SSSR count). The molecule has 0 saturated carbocycles. The van der Waals surface area contributed by atoms with E-state index in [1.54, 1.807) is 6.33 Å². The van der Waals surface area contributed by atoms with Gasteiger partial charge in [0.05, 0.1) is 17.4 Å². The molecular formula is C15H24N4. The molecule has 0 spiro atoms. The Morgan fingerprint density at radius 1 is 1.37 bits per heavy atom. The molecule has 3 N–H and O–H groups in total. The number of rotatable bonds is 5. The quantitative estimate of drug-likeness (QED) is 0.868. The van der Waals surface area contributed by atoms with Crippen molar-refractivity contribution in [3.63, 3.8) is 0 Å². The van der Waals surface area contributed by atoms with Crippen molar-refractivity contribution in [3.8, 4) is 0 Å². The molecule has 4 heteroatoms. The first-order valence-electron chi connectivity index (χ1n) is 6.72. The zero-order valence-electron chi connectivity index (χ0n) is 12.3. The molecule has 1 aromatic heterocycles. The van der Waals surface area contributed by atoms with Gasteiger partial charge in [0.2, 0.25) is 0 Å². The van der Waals surface area contributed by atoms with Gasteiger partial charge in [0.15, 0.2) is 0 Å². The van der Waals surface area contributed by atoms with Crippen LogP contribution in [0, 0.1) is 5.41 Å². The van der Waals surface area contributed by atoms with Crippen molar-refractivity contribution in [1.29, 1.82) is 0 Å². The summed E-state index contributed by atoms with van der Waals surface area (Å²) < 4.78 is 0. The molecule has 1 atom stereocenters. The number of nitrogens with zero attached hydrogens (tertiary/aromatic N) is 2. The van der Waals surface area contributed by atoms with Crippen molar-refractivity contribution >= 4 is 11.0 Å². The summed E-state index contributed by atoms with van der Waals surface area (Å²) >= 11 is 0. The van der Waals surface area contributed by atoms with E-state index in [1.165, 1.54) is 5.56 Å². The number of imidazole rings is 1. The number of nitrogens with two attached hydrogens (primary N) is 1. The van der Waals surface area contributed by atoms with E-state index in [0.29, 0.717) is 12.6 Å². The zero-order valence-corrected chi connectivity index (χ0v) is 12.3. The van der Waals surface area contributed by atoms with Crippen LogP contribution in [0.3, 0.4) is 0 Å². The van der Waals surface area contributed by atoms with Gasteiger partial charge in [-0.15, -0.1) is 0 Å². The van der Waals surface area contributed by atoms with Gasteiger partial charge in [0.25, 0.3) is 0 Å². The molecular weight excluding hydrogens is 236 g/mol. The molecule has 2 aromatic rings. The van der Waals surface area contributed by atoms with Gasteiger partial charge in [-0.05, 0) is 50.2 Å². The lowest BCUT2D eigenvalue weighted by Gasteiger charge is -2.33. The van der Waals surface area contributed by atoms with Crippen LogP contribution in [0.4, 0.5) is 0 Å². The summed E-state index contributed by atoms with van der Waals surface area (Å²) in [4.78, 5) is 9.70. The van der Waals surface area contributed by atoms with E-state index in [9.17, 15) is 0 Å². The number of nitrogens with one attached hydrogen (secondary N) is 1. The Balaban J connectivity index is 2.32. The Kier molecular flexibility index (Phi) is 3.92. The van der Waals surface area contributed by atoms with Crippen molar-refractivity contribution < 1.29 is 0 Å². The first-order chi connectivity index (χ1) is 8.93. The lowest BCUT2D eigenvalue weighted by atomic mass is 9.83. The summed E-state index contributed by atoms with van der Waals surface area (Å²) in [6, 6.07) is 6.80. The van der Waals surface area contributed by atoms with Gasteiger partial charge in [-0.1, -0.05) is 19.9 Å². The molecule has 0 aliphatic heterocycles. The summed E-state index contributed by atoms with van der Waals surface area (Å²) in [6.45, 7) is 5.14. The highest BCUT2D eigenvalue weighted by molar-refractivity contribution is 5.75. The van der Waals surface area contributed by atoms with Gasteiger partial charge >= 0.3 is 0 Å². The maximum Gasteiger partial charge on any atom is 0.0931 e. The highest BCUT2D eigenvalue weighted by atomic mass is 15.1. The number of H-pyrrole nitrogens is 1. The van der Waals surface area contributed by atoms with Crippen LogP contribution in [0.1, 0.15) is 31.9 Å². The Morgan fingerprint density at radius 3 is 2.74 bits per heavy atom. The van der Waals surface area contributed by atoms with Gasteiger partial charge in [0.1, 0.15) is 0 Å². The van der Waals surface area contributed by atoms with E-state index in [-0.39, 0.29) is 5.41 Å². The first kappa shape index (κ1) is 14.0. The summed E-state index contributed by atoms with van der Waals surface area (Å²) in [6.07, 6.45) is 2.78. The molecule has 0 bridgehead atoms. The summed E-state index contributed by atoms with van der Waals surface area (Å²) in [7, 11) is 4.24. The molecule has 19 heavy (non-hydrogen) atoms. The fraction of sp³-hybridized carbons (Fsp3) is 0.533. The van der Waals surface area contributed by atoms with Crippen LogP contribution in [0.15, 0.2) is 24.5 Å². The molecule has 0 fully saturated rings. The van der Waals surface area contributed by atoms with Crippen molar-refractivity contribution in [3.05, 3.63) is 30.1 Å². The standard InChI is InChI=1S/C15H24N4/c1-15(2,9-16)8-14(19(3)4)11-5-6-12-13(7-11)18-10-17-12/h5-7,10,14H,8-9,16H2,1-4H3,(H,17,18). The maximum atomic E-state index is 5.87. The Bertz CT molecular complexity index is 542. The third-order valence-electron chi connectivity index (χ3n) is 3.75. The average Bonchev–Trinajstić information content (AvgIpc) is 2.82. The first-order valence-corrected chi connectivity index (χ1v) is 6.72. The van der Waals surface area contributed by atoms with Gasteiger partial charge in [-0.3, -0.25) is 0 Å². The molecule has 1 aromatic carbocycles. The molecule has 0 aliphatic rings. The number of aromatic nitrogens is 2. The second kappa shape index (κ2) is 5.31. The summed E-state index contributed by atoms with van der Waals surface area (Å²) in [5, 5.41) is 0. The normalized spacial score (nSPS) is 14.2. The van der Waals surface area contributed by atoms with E-state index in [1.807, 2.05) is 0 Å². The lowest BCUT2D eigenvalue weighted by Crippen LogP contribution is -2.31. The van der Waals surface area contributed by atoms with Crippen LogP contribution in [0.25, 0.3) is 11.0 Å². The molecule has 0 aliphatic carbocycles. The molecule has 104 valence electrons. The smallest absolute Gasteiger partial charge is 0.0931 e. The number of aromatic amines is 1. The van der Waals surface area contributed by atoms with E-state index in [2.05, 4.69) is 61.0 Å². The van der Waals surface area contributed by atoms with Crippen molar-refractivity contribution in [2.24, 2.45) is 11.1 Å². The number of fused-ring (bicyclic) bond motifs is 1. The monoisotopic (exact) mass is 260 g/mol. The third kappa shape index (κ3) is 3.14. The van der Waals surface area contributed by atoms with Crippen LogP contribution in [0.5, 0.6) is 0 Å². The fourth-order valence-electron chi connectivity index (χ4n) is 2.37.